The van der Waals surface area contributed by atoms with Crippen molar-refractivity contribution in [3.8, 4) is 11.5 Å². The zero-order valence-electron chi connectivity index (χ0n) is 24.9. The Morgan fingerprint density at radius 3 is 2.57 bits per heavy atom. The van der Waals surface area contributed by atoms with Crippen molar-refractivity contribution in [1.29, 1.82) is 0 Å². The number of piperidine rings is 1. The van der Waals surface area contributed by atoms with Gasteiger partial charge in [0.2, 0.25) is 16.8 Å². The molecule has 0 saturated carbocycles. The first kappa shape index (κ1) is 28.4. The quantitative estimate of drug-likeness (QED) is 0.377. The van der Waals surface area contributed by atoms with E-state index in [-0.39, 0.29) is 29.9 Å². The molecular formula is C32H39N5O6S. The average Bonchev–Trinajstić information content (AvgIpc) is 3.85. The normalized spacial score (nSPS) is 30.1. The van der Waals surface area contributed by atoms with Gasteiger partial charge in [0.25, 0.3) is 0 Å². The van der Waals surface area contributed by atoms with Crippen LogP contribution in [0.25, 0.3) is 0 Å². The molecule has 3 aromatic rings. The van der Waals surface area contributed by atoms with Gasteiger partial charge in [-0.15, -0.1) is 10.2 Å². The first-order valence-electron chi connectivity index (χ1n) is 15.8. The fourth-order valence-electron chi connectivity index (χ4n) is 8.20. The SMILES string of the molecule is Cc1nnc(C2CO[C@H]3OCCC23)n1C1CC2CCC(C1)N2CC[C@H](NS(=O)(=O)c1ccc2c(c1)OCO2)c1ccccc1. The van der Waals surface area contributed by atoms with Crippen LogP contribution >= 0.6 is 0 Å². The summed E-state index contributed by atoms with van der Waals surface area (Å²) in [7, 11) is -3.80. The monoisotopic (exact) mass is 621 g/mol. The number of hydrogen-bond acceptors (Lipinski definition) is 9. The zero-order chi connectivity index (χ0) is 29.8. The van der Waals surface area contributed by atoms with Gasteiger partial charge in [-0.2, -0.15) is 0 Å². The second-order valence-corrected chi connectivity index (χ2v) is 14.5. The van der Waals surface area contributed by atoms with Crippen LogP contribution in [-0.2, 0) is 19.5 Å². The molecule has 11 nitrogen and oxygen atoms in total. The van der Waals surface area contributed by atoms with Gasteiger partial charge in [0, 0.05) is 42.7 Å². The molecule has 12 heteroatoms. The Hall–Kier alpha value is -3.03. The highest BCUT2D eigenvalue weighted by atomic mass is 32.2. The van der Waals surface area contributed by atoms with Crippen molar-refractivity contribution in [2.75, 3.05) is 26.6 Å². The van der Waals surface area contributed by atoms with Crippen LogP contribution in [0.15, 0.2) is 53.4 Å². The Kier molecular flexibility index (Phi) is 7.37. The van der Waals surface area contributed by atoms with Gasteiger partial charge in [-0.25, -0.2) is 13.1 Å². The van der Waals surface area contributed by atoms with E-state index in [0.717, 1.165) is 62.5 Å². The Balaban J connectivity index is 0.979. The van der Waals surface area contributed by atoms with E-state index in [1.807, 2.05) is 30.3 Å². The maximum Gasteiger partial charge on any atom is 0.241 e. The van der Waals surface area contributed by atoms with Crippen LogP contribution in [0.1, 0.15) is 73.7 Å². The van der Waals surface area contributed by atoms with Gasteiger partial charge in [0.15, 0.2) is 17.8 Å². The fourth-order valence-corrected chi connectivity index (χ4v) is 9.47. The lowest BCUT2D eigenvalue weighted by atomic mass is 9.91. The Bertz CT molecular complexity index is 1600. The van der Waals surface area contributed by atoms with Crippen molar-refractivity contribution in [3.05, 3.63) is 65.7 Å². The second kappa shape index (κ2) is 11.4. The highest BCUT2D eigenvalue weighted by Crippen LogP contribution is 2.46. The van der Waals surface area contributed by atoms with E-state index in [0.29, 0.717) is 48.6 Å². The number of nitrogens with one attached hydrogen (secondary N) is 1. The molecule has 0 spiro atoms. The number of aryl methyl sites for hydroxylation is 1. The Morgan fingerprint density at radius 2 is 1.75 bits per heavy atom. The molecule has 2 aromatic carbocycles. The van der Waals surface area contributed by atoms with Gasteiger partial charge in [-0.05, 0) is 63.1 Å². The number of rotatable bonds is 9. The van der Waals surface area contributed by atoms with Crippen LogP contribution in [0.5, 0.6) is 11.5 Å². The molecule has 4 fully saturated rings. The molecule has 2 bridgehead atoms. The summed E-state index contributed by atoms with van der Waals surface area (Å²) in [4.78, 5) is 2.80. The molecule has 234 valence electrons. The van der Waals surface area contributed by atoms with E-state index in [1.54, 1.807) is 12.1 Å². The van der Waals surface area contributed by atoms with Gasteiger partial charge >= 0.3 is 0 Å². The Morgan fingerprint density at radius 1 is 0.955 bits per heavy atom. The minimum atomic E-state index is -3.80. The van der Waals surface area contributed by atoms with Crippen LogP contribution in [0.3, 0.4) is 0 Å². The number of hydrogen-bond donors (Lipinski definition) is 1. The van der Waals surface area contributed by atoms with Gasteiger partial charge in [0.1, 0.15) is 11.6 Å². The maximum absolute atomic E-state index is 13.6. The third kappa shape index (κ3) is 5.10. The lowest BCUT2D eigenvalue weighted by Gasteiger charge is -2.40. The van der Waals surface area contributed by atoms with Crippen molar-refractivity contribution in [2.24, 2.45) is 5.92 Å². The maximum atomic E-state index is 13.6. The minimum Gasteiger partial charge on any atom is -0.454 e. The second-order valence-electron chi connectivity index (χ2n) is 12.7. The van der Waals surface area contributed by atoms with E-state index >= 15 is 0 Å². The van der Waals surface area contributed by atoms with Gasteiger partial charge in [-0.3, -0.25) is 4.90 Å². The molecule has 8 rings (SSSR count). The molecule has 5 aliphatic heterocycles. The van der Waals surface area contributed by atoms with Crippen molar-refractivity contribution in [3.63, 3.8) is 0 Å². The van der Waals surface area contributed by atoms with Crippen LogP contribution < -0.4 is 14.2 Å². The summed E-state index contributed by atoms with van der Waals surface area (Å²) in [6, 6.07) is 15.5. The largest absolute Gasteiger partial charge is 0.454 e. The van der Waals surface area contributed by atoms with Crippen molar-refractivity contribution >= 4 is 10.0 Å². The third-order valence-electron chi connectivity index (χ3n) is 10.3. The topological polar surface area (TPSA) is 117 Å². The van der Waals surface area contributed by atoms with E-state index in [4.69, 9.17) is 18.9 Å². The van der Waals surface area contributed by atoms with Crippen LogP contribution in [-0.4, -0.2) is 73.0 Å². The van der Waals surface area contributed by atoms with Crippen LogP contribution in [0.2, 0.25) is 0 Å². The number of ether oxygens (including phenoxy) is 4. The molecule has 6 heterocycles. The summed E-state index contributed by atoms with van der Waals surface area (Å²) in [5.41, 5.74) is 0.955. The van der Waals surface area contributed by atoms with E-state index in [2.05, 4.69) is 31.3 Å². The predicted molar refractivity (Wildman–Crippen MR) is 160 cm³/mol. The molecule has 1 aromatic heterocycles. The van der Waals surface area contributed by atoms with Crippen molar-refractivity contribution in [1.82, 2.24) is 24.4 Å². The molecule has 6 atom stereocenters. The molecule has 4 unspecified atom stereocenters. The molecule has 0 amide bonds. The number of aromatic nitrogens is 3. The summed E-state index contributed by atoms with van der Waals surface area (Å²) in [5.74, 6) is 3.62. The molecule has 4 saturated heterocycles. The number of sulfonamides is 1. The minimum absolute atomic E-state index is 0.0983. The van der Waals surface area contributed by atoms with Crippen LogP contribution in [0, 0.1) is 12.8 Å². The lowest BCUT2D eigenvalue weighted by molar-refractivity contribution is -0.0905. The summed E-state index contributed by atoms with van der Waals surface area (Å²) in [5, 5.41) is 9.21. The van der Waals surface area contributed by atoms with E-state index in [9.17, 15) is 8.42 Å². The molecular weight excluding hydrogens is 582 g/mol. The summed E-state index contributed by atoms with van der Waals surface area (Å²) in [6.45, 7) is 4.37. The third-order valence-corrected chi connectivity index (χ3v) is 11.8. The predicted octanol–water partition coefficient (Wildman–Crippen LogP) is 4.07. The van der Waals surface area contributed by atoms with Crippen LogP contribution in [0.4, 0.5) is 0 Å². The summed E-state index contributed by atoms with van der Waals surface area (Å²) in [6.07, 6.45) is 5.96. The number of benzene rings is 2. The molecule has 5 aliphatic rings. The molecule has 44 heavy (non-hydrogen) atoms. The standard InChI is InChI=1S/C32H39N5O6S/c1-20-33-34-31(27-18-41-32-26(27)12-14-40-32)37(20)24-15-22-7-8-23(16-24)36(22)13-11-28(21-5-3-2-4-6-21)35-44(38,39)25-9-10-29-30(17-25)43-19-42-29/h2-6,9-10,17,22-24,26-28,32,35H,7-8,11-16,18-19H2,1H3/t22?,23?,24?,26?,27?,28-,32+/m0/s1. The van der Waals surface area contributed by atoms with Gasteiger partial charge in [0.05, 0.1) is 24.0 Å². The van der Waals surface area contributed by atoms with Crippen molar-refractivity contribution in [2.45, 2.75) is 86.7 Å². The highest BCUT2D eigenvalue weighted by molar-refractivity contribution is 7.89. The molecule has 0 radical (unpaired) electrons. The zero-order valence-corrected chi connectivity index (χ0v) is 25.7. The van der Waals surface area contributed by atoms with Gasteiger partial charge in [-0.1, -0.05) is 30.3 Å². The smallest absolute Gasteiger partial charge is 0.241 e. The van der Waals surface area contributed by atoms with Gasteiger partial charge < -0.3 is 23.5 Å². The molecule has 1 N–H and O–H groups in total. The Labute approximate surface area is 257 Å². The van der Waals surface area contributed by atoms with E-state index < -0.39 is 10.0 Å². The number of fused-ring (bicyclic) bond motifs is 4. The van der Waals surface area contributed by atoms with E-state index in [1.165, 1.54) is 6.07 Å². The average molecular weight is 622 g/mol. The first-order chi connectivity index (χ1) is 21.4. The number of nitrogens with zero attached hydrogens (tertiary/aromatic N) is 4. The summed E-state index contributed by atoms with van der Waals surface area (Å²) >= 11 is 0. The van der Waals surface area contributed by atoms with Crippen molar-refractivity contribution < 1.29 is 27.4 Å². The summed E-state index contributed by atoms with van der Waals surface area (Å²) < 4.78 is 55.1. The fraction of sp³-hybridized carbons (Fsp3) is 0.562. The molecule has 0 aliphatic carbocycles. The highest BCUT2D eigenvalue weighted by Gasteiger charge is 2.47. The lowest BCUT2D eigenvalue weighted by Crippen LogP contribution is -2.45. The first-order valence-corrected chi connectivity index (χ1v) is 17.3.